The maximum atomic E-state index is 10.7. The van der Waals surface area contributed by atoms with Crippen LogP contribution in [0.3, 0.4) is 0 Å². The van der Waals surface area contributed by atoms with Crippen molar-refractivity contribution < 1.29 is 94.7 Å². The molecule has 0 heterocycles. The van der Waals surface area contributed by atoms with Crippen molar-refractivity contribution in [2.45, 2.75) is 103 Å². The van der Waals surface area contributed by atoms with Crippen molar-refractivity contribution in [1.29, 1.82) is 0 Å². The molecule has 8 unspecified atom stereocenters. The van der Waals surface area contributed by atoms with Crippen molar-refractivity contribution in [2.75, 3.05) is 13.2 Å². The number of carbonyl (C=O) groups excluding carboxylic acids is 2. The van der Waals surface area contributed by atoms with Gasteiger partial charge in [0.05, 0.1) is 12.2 Å². The fraction of sp³-hybridized carbons (Fsp3) is 0.923. The predicted molar refractivity (Wildman–Crippen MR) is 123 cm³/mol. The third kappa shape index (κ3) is 10.4. The fourth-order valence-electron chi connectivity index (χ4n) is 7.29. The zero-order valence-electron chi connectivity index (χ0n) is 21.2. The summed E-state index contributed by atoms with van der Waals surface area (Å²) in [6.45, 7) is 7.24. The van der Waals surface area contributed by atoms with Crippen LogP contribution in [-0.2, 0) is 84.5 Å². The molecule has 0 aromatic carbocycles. The number of rotatable bonds is 5. The Kier molecular flexibility index (Phi) is 20.7. The van der Waals surface area contributed by atoms with Gasteiger partial charge in [0, 0.05) is 78.6 Å². The van der Waals surface area contributed by atoms with Crippen LogP contribution in [0, 0.1) is 35.5 Å². The van der Waals surface area contributed by atoms with Crippen LogP contribution in [0.4, 0.5) is 0 Å². The van der Waals surface area contributed by atoms with Gasteiger partial charge in [-0.05, 0) is 101 Å². The van der Waals surface area contributed by atoms with E-state index in [1.165, 1.54) is 51.4 Å². The molecule has 0 aromatic rings. The topological polar surface area (TPSA) is 93.1 Å². The first-order valence-corrected chi connectivity index (χ1v) is 12.9. The second kappa shape index (κ2) is 20.1. The van der Waals surface area contributed by atoms with Gasteiger partial charge in [0.25, 0.3) is 0 Å². The SMILES string of the molecule is CCO.CCO.O=[C-]OC1CCC2CCCC(C3CCCC4CCC(O[C-]=O)CC43)C2C1.[Y].[Y]. The number of aliphatic hydroxyl groups excluding tert-OH is 2. The number of hydrogen-bond acceptors (Lipinski definition) is 6. The van der Waals surface area contributed by atoms with E-state index in [2.05, 4.69) is 0 Å². The molecule has 6 nitrogen and oxygen atoms in total. The van der Waals surface area contributed by atoms with Gasteiger partial charge >= 0.3 is 0 Å². The molecule has 2 radical (unpaired) electrons. The van der Waals surface area contributed by atoms with Gasteiger partial charge in [0.2, 0.25) is 0 Å². The Labute approximate surface area is 257 Å². The molecule has 4 aliphatic rings. The van der Waals surface area contributed by atoms with Crippen LogP contribution in [0.25, 0.3) is 0 Å². The van der Waals surface area contributed by atoms with E-state index in [9.17, 15) is 9.59 Å². The second-order valence-electron chi connectivity index (χ2n) is 9.94. The Morgan fingerprint density at radius 1 is 0.618 bits per heavy atom. The molecule has 8 atom stereocenters. The van der Waals surface area contributed by atoms with E-state index in [-0.39, 0.29) is 90.8 Å². The van der Waals surface area contributed by atoms with Crippen LogP contribution in [0.1, 0.15) is 90.9 Å². The summed E-state index contributed by atoms with van der Waals surface area (Å²) in [7, 11) is 0. The van der Waals surface area contributed by atoms with Crippen molar-refractivity contribution in [1.82, 2.24) is 0 Å². The zero-order valence-corrected chi connectivity index (χ0v) is 26.9. The number of hydrogen-bond donors (Lipinski definition) is 2. The van der Waals surface area contributed by atoms with Crippen molar-refractivity contribution in [3.63, 3.8) is 0 Å². The molecule has 8 heteroatoms. The standard InChI is InChI=1S/C22H32O4.2C2H6O.2Y/c23-13-25-17-9-7-15-3-1-5-19(21(15)11-17)20-6-2-4-16-8-10-18(26-14-24)12-22(16)20;2*1-2-3;;/h15-22H,1-12H2;2*3H,2H2,1H3;;/q-2;;;;. The summed E-state index contributed by atoms with van der Waals surface area (Å²) in [5.41, 5.74) is 0. The third-order valence-corrected chi connectivity index (χ3v) is 8.30. The largest absolute Gasteiger partial charge is 0.651 e. The van der Waals surface area contributed by atoms with E-state index < -0.39 is 0 Å². The normalized spacial score (nSPS) is 36.0. The molecule has 0 bridgehead atoms. The van der Waals surface area contributed by atoms with Gasteiger partial charge in [-0.3, -0.25) is 0 Å². The Morgan fingerprint density at radius 3 is 1.29 bits per heavy atom. The Hall–Kier alpha value is 1.07. The predicted octanol–water partition coefficient (Wildman–Crippen LogP) is 4.32. The summed E-state index contributed by atoms with van der Waals surface area (Å²) in [5, 5.41) is 15.1. The first kappa shape index (κ1) is 35.1. The summed E-state index contributed by atoms with van der Waals surface area (Å²) >= 11 is 0. The monoisotopic (exact) mass is 630 g/mol. The summed E-state index contributed by atoms with van der Waals surface area (Å²) in [6.07, 6.45) is 14.8. The summed E-state index contributed by atoms with van der Waals surface area (Å²) in [5.74, 6) is 4.58. The summed E-state index contributed by atoms with van der Waals surface area (Å²) in [6, 6.07) is 0. The maximum absolute atomic E-state index is 10.7. The summed E-state index contributed by atoms with van der Waals surface area (Å²) < 4.78 is 10.5. The van der Waals surface area contributed by atoms with E-state index in [4.69, 9.17) is 19.7 Å². The van der Waals surface area contributed by atoms with Crippen molar-refractivity contribution in [2.24, 2.45) is 35.5 Å². The number of aliphatic hydroxyl groups is 2. The van der Waals surface area contributed by atoms with Crippen LogP contribution in [0.5, 0.6) is 0 Å². The first-order chi connectivity index (χ1) is 15.6. The van der Waals surface area contributed by atoms with Crippen LogP contribution in [0.15, 0.2) is 0 Å². The van der Waals surface area contributed by atoms with Gasteiger partial charge in [-0.25, -0.2) is 0 Å². The summed E-state index contributed by atoms with van der Waals surface area (Å²) in [4.78, 5) is 21.4. The smallest absolute Gasteiger partial charge is 0.0599 e. The third-order valence-electron chi connectivity index (χ3n) is 8.30. The van der Waals surface area contributed by atoms with Gasteiger partial charge in [-0.2, -0.15) is 0 Å². The van der Waals surface area contributed by atoms with Crippen molar-refractivity contribution in [3.8, 4) is 0 Å². The average Bonchev–Trinajstić information content (AvgIpc) is 2.80. The van der Waals surface area contributed by atoms with Gasteiger partial charge in [0.15, 0.2) is 0 Å². The Bertz CT molecular complexity index is 491. The molecular weight excluding hydrogens is 586 g/mol. The Morgan fingerprint density at radius 2 is 0.971 bits per heavy atom. The number of ether oxygens (including phenoxy) is 2. The molecule has 34 heavy (non-hydrogen) atoms. The van der Waals surface area contributed by atoms with Crippen LogP contribution in [0.2, 0.25) is 0 Å². The molecule has 4 saturated carbocycles. The van der Waals surface area contributed by atoms with E-state index in [1.54, 1.807) is 26.8 Å². The molecule has 0 amide bonds. The second-order valence-corrected chi connectivity index (χ2v) is 9.94. The zero-order chi connectivity index (χ0) is 23.3. The molecular formula is C26H44O6Y2-2. The van der Waals surface area contributed by atoms with Crippen LogP contribution >= 0.6 is 0 Å². The molecule has 4 fully saturated rings. The Balaban J connectivity index is 0.00000124. The fourth-order valence-corrected chi connectivity index (χ4v) is 7.29. The average molecular weight is 630 g/mol. The molecule has 0 spiro atoms. The molecule has 192 valence electrons. The first-order valence-electron chi connectivity index (χ1n) is 12.9. The van der Waals surface area contributed by atoms with E-state index in [0.717, 1.165) is 49.4 Å². The minimum absolute atomic E-state index is 0. The molecule has 4 rings (SSSR count). The quantitative estimate of drug-likeness (QED) is 0.440. The van der Waals surface area contributed by atoms with Crippen LogP contribution < -0.4 is 0 Å². The molecule has 4 aliphatic carbocycles. The molecule has 2 N–H and O–H groups in total. The van der Waals surface area contributed by atoms with Crippen LogP contribution in [-0.4, -0.2) is 48.6 Å². The van der Waals surface area contributed by atoms with E-state index >= 15 is 0 Å². The maximum Gasteiger partial charge on any atom is 0.0599 e. The van der Waals surface area contributed by atoms with E-state index in [1.807, 2.05) is 0 Å². The van der Waals surface area contributed by atoms with Crippen molar-refractivity contribution in [3.05, 3.63) is 0 Å². The molecule has 0 aliphatic heterocycles. The minimum Gasteiger partial charge on any atom is -0.651 e. The van der Waals surface area contributed by atoms with Crippen molar-refractivity contribution >= 4 is 12.9 Å². The molecule has 0 saturated heterocycles. The van der Waals surface area contributed by atoms with Gasteiger partial charge in [0.1, 0.15) is 0 Å². The van der Waals surface area contributed by atoms with Gasteiger partial charge < -0.3 is 29.3 Å². The van der Waals surface area contributed by atoms with E-state index in [0.29, 0.717) is 11.8 Å². The van der Waals surface area contributed by atoms with Gasteiger partial charge in [-0.1, -0.05) is 38.6 Å². The minimum atomic E-state index is 0. The van der Waals surface area contributed by atoms with Gasteiger partial charge in [-0.15, -0.1) is 0 Å². The molecule has 0 aromatic heterocycles. The number of fused-ring (bicyclic) bond motifs is 2.